The average molecular weight is 992 g/mol. The fourth-order valence-electron chi connectivity index (χ4n) is 12.3. The Hall–Kier alpha value is -7.21. The minimum atomic E-state index is -0.0938. The van der Waals surface area contributed by atoms with Gasteiger partial charge in [-0.2, -0.15) is 0 Å². The van der Waals surface area contributed by atoms with E-state index in [9.17, 15) is 0 Å². The Morgan fingerprint density at radius 2 is 0.973 bits per heavy atom. The predicted octanol–water partition coefficient (Wildman–Crippen LogP) is 17.5. The van der Waals surface area contributed by atoms with Crippen molar-refractivity contribution in [3.63, 3.8) is 0 Å². The van der Waals surface area contributed by atoms with Crippen LogP contribution in [-0.4, -0.2) is 15.8 Å². The van der Waals surface area contributed by atoms with Crippen molar-refractivity contribution in [2.75, 3.05) is 4.90 Å². The van der Waals surface area contributed by atoms with Gasteiger partial charge in [-0.05, 0) is 158 Å². The molecular weight excluding hydrogens is 926 g/mol. The summed E-state index contributed by atoms with van der Waals surface area (Å²) in [6, 6.07) is 70.3. The van der Waals surface area contributed by atoms with Crippen LogP contribution in [0.1, 0.15) is 104 Å². The number of anilines is 3. The number of unbranched alkanes of at least 4 members (excludes halogenated alkanes) is 1. The number of hydrogen-bond donors (Lipinski definition) is 0. The van der Waals surface area contributed by atoms with Gasteiger partial charge in [0.2, 0.25) is 6.71 Å². The third-order valence-corrected chi connectivity index (χ3v) is 17.6. The van der Waals surface area contributed by atoms with Crippen molar-refractivity contribution in [3.05, 3.63) is 204 Å². The van der Waals surface area contributed by atoms with Gasteiger partial charge in [-0.1, -0.05) is 190 Å². The van der Waals surface area contributed by atoms with Gasteiger partial charge in [0.05, 0.1) is 22.1 Å². The van der Waals surface area contributed by atoms with E-state index in [1.54, 1.807) is 0 Å². The zero-order valence-electron chi connectivity index (χ0n) is 45.3. The average Bonchev–Trinajstić information content (AvgIpc) is 3.94. The topological polar surface area (TPSA) is 13.1 Å². The Morgan fingerprint density at radius 1 is 0.413 bits per heavy atom. The van der Waals surface area contributed by atoms with Crippen molar-refractivity contribution in [1.29, 1.82) is 0 Å². The predicted molar refractivity (Wildman–Crippen MR) is 325 cm³/mol. The molecule has 11 aromatic rings. The molecule has 4 heterocycles. The highest BCUT2D eigenvalue weighted by Gasteiger charge is 2.43. The molecule has 0 amide bonds. The van der Waals surface area contributed by atoms with Crippen LogP contribution in [0, 0.1) is 0 Å². The highest BCUT2D eigenvalue weighted by atomic mass is 32.2. The van der Waals surface area contributed by atoms with E-state index in [-0.39, 0.29) is 23.0 Å². The van der Waals surface area contributed by atoms with E-state index in [1.165, 1.54) is 132 Å². The smallest absolute Gasteiger partial charge is 0.249 e. The third kappa shape index (κ3) is 7.78. The first-order chi connectivity index (χ1) is 36.0. The largest absolute Gasteiger partial charge is 0.311 e. The van der Waals surface area contributed by atoms with E-state index in [2.05, 4.69) is 265 Å². The van der Waals surface area contributed by atoms with Crippen molar-refractivity contribution in [1.82, 2.24) is 9.13 Å². The van der Waals surface area contributed by atoms with E-state index < -0.39 is 0 Å². The quantitative estimate of drug-likeness (QED) is 0.148. The molecule has 0 bridgehead atoms. The molecule has 0 spiro atoms. The first kappa shape index (κ1) is 47.5. The molecule has 0 atom stereocenters. The first-order valence-electron chi connectivity index (χ1n) is 27.3. The molecule has 0 saturated carbocycles. The molecule has 0 fully saturated rings. The summed E-state index contributed by atoms with van der Waals surface area (Å²) >= 11 is 1.96. The van der Waals surface area contributed by atoms with E-state index in [0.29, 0.717) is 0 Å². The standard InChI is InChI=1S/C70H66BN3S/c1-11-12-20-46-37-45(44-21-14-13-15-22-44)27-34-58(46)74-63-42-50(72-59-25-18-16-23-52(59)54-38-47(68(2,3)4)28-35-61(54)72)30-32-56(63)71-57-33-31-51(43-65(57)75-66-41-49(70(8,9)10)40-64(74)67(66)71)73-60-26-19-17-24-53(60)55-39-48(69(5,6)7)29-36-62(55)73/h13-19,21-43H,11-12,20H2,1-10H3. The molecular formula is C70H66BN3S. The molecule has 0 saturated heterocycles. The molecule has 2 aliphatic heterocycles. The molecule has 0 unspecified atom stereocenters. The molecule has 5 heteroatoms. The van der Waals surface area contributed by atoms with E-state index in [4.69, 9.17) is 0 Å². The zero-order valence-corrected chi connectivity index (χ0v) is 46.1. The lowest BCUT2D eigenvalue weighted by atomic mass is 9.34. The van der Waals surface area contributed by atoms with Gasteiger partial charge in [0.25, 0.3) is 0 Å². The summed E-state index contributed by atoms with van der Waals surface area (Å²) in [7, 11) is 0. The number of nitrogens with zero attached hydrogens (tertiary/aromatic N) is 3. The van der Waals surface area contributed by atoms with E-state index in [0.717, 1.165) is 19.3 Å². The fraction of sp³-hybridized carbons (Fsp3) is 0.229. The van der Waals surface area contributed by atoms with Crippen LogP contribution in [0.5, 0.6) is 0 Å². The summed E-state index contributed by atoms with van der Waals surface area (Å²) in [5.41, 5.74) is 23.1. The highest BCUT2D eigenvalue weighted by Crippen LogP contribution is 2.48. The maximum atomic E-state index is 2.68. The van der Waals surface area contributed by atoms with Crippen LogP contribution in [0.2, 0.25) is 0 Å². The van der Waals surface area contributed by atoms with Crippen LogP contribution in [0.15, 0.2) is 192 Å². The van der Waals surface area contributed by atoms with Crippen molar-refractivity contribution in [3.8, 4) is 22.5 Å². The molecule has 13 rings (SSSR count). The third-order valence-electron chi connectivity index (χ3n) is 16.4. The Balaban J connectivity index is 1.07. The van der Waals surface area contributed by atoms with Gasteiger partial charge in [-0.15, -0.1) is 0 Å². The van der Waals surface area contributed by atoms with Crippen LogP contribution >= 0.6 is 11.8 Å². The van der Waals surface area contributed by atoms with Gasteiger partial charge in [-0.25, -0.2) is 0 Å². The van der Waals surface area contributed by atoms with Crippen LogP contribution in [-0.2, 0) is 22.7 Å². The molecule has 2 aromatic heterocycles. The van der Waals surface area contributed by atoms with E-state index in [1.807, 2.05) is 11.8 Å². The van der Waals surface area contributed by atoms with Gasteiger partial charge in [0.1, 0.15) is 0 Å². The Bertz CT molecular complexity index is 4100. The number of para-hydroxylation sites is 2. The molecule has 3 nitrogen and oxygen atoms in total. The summed E-state index contributed by atoms with van der Waals surface area (Å²) in [6.07, 6.45) is 3.23. The van der Waals surface area contributed by atoms with Crippen LogP contribution in [0.25, 0.3) is 66.1 Å². The van der Waals surface area contributed by atoms with Gasteiger partial charge < -0.3 is 14.0 Å². The van der Waals surface area contributed by atoms with Crippen molar-refractivity contribution in [2.24, 2.45) is 0 Å². The molecule has 75 heavy (non-hydrogen) atoms. The number of aromatic nitrogens is 2. The molecule has 9 aromatic carbocycles. The van der Waals surface area contributed by atoms with Gasteiger partial charge in [-0.3, -0.25) is 0 Å². The minimum absolute atomic E-state index is 0.0253. The normalized spacial score (nSPS) is 13.5. The van der Waals surface area contributed by atoms with Crippen molar-refractivity contribution < 1.29 is 0 Å². The molecule has 370 valence electrons. The SMILES string of the molecule is CCCCc1cc(-c2ccccc2)ccc1N1c2cc(-n3c4ccccc4c4cc(C(C)(C)C)ccc43)ccc2B2c3ccc(-n4c5ccccc5c5cc(C(C)(C)C)ccc54)cc3Sc3cc(C(C)(C)C)cc1c32. The number of hydrogen-bond acceptors (Lipinski definition) is 2. The second-order valence-corrected chi connectivity index (χ2v) is 25.6. The Labute approximate surface area is 448 Å². The van der Waals surface area contributed by atoms with Gasteiger partial charge in [0.15, 0.2) is 0 Å². The van der Waals surface area contributed by atoms with Crippen LogP contribution in [0.4, 0.5) is 17.1 Å². The van der Waals surface area contributed by atoms with Crippen molar-refractivity contribution in [2.45, 2.75) is 115 Å². The summed E-state index contributed by atoms with van der Waals surface area (Å²) in [4.78, 5) is 5.34. The lowest BCUT2D eigenvalue weighted by Crippen LogP contribution is -2.60. The summed E-state index contributed by atoms with van der Waals surface area (Å²) < 4.78 is 5.02. The van der Waals surface area contributed by atoms with Gasteiger partial charge >= 0.3 is 0 Å². The zero-order chi connectivity index (χ0) is 51.7. The lowest BCUT2D eigenvalue weighted by molar-refractivity contribution is 0.589. The maximum absolute atomic E-state index is 2.68. The van der Waals surface area contributed by atoms with Crippen LogP contribution < -0.4 is 21.3 Å². The fourth-order valence-corrected chi connectivity index (χ4v) is 13.5. The number of benzene rings is 9. The number of aryl methyl sites for hydroxylation is 1. The Morgan fingerprint density at radius 3 is 1.57 bits per heavy atom. The molecule has 2 aliphatic rings. The minimum Gasteiger partial charge on any atom is -0.311 e. The highest BCUT2D eigenvalue weighted by molar-refractivity contribution is 8.00. The monoisotopic (exact) mass is 992 g/mol. The number of fused-ring (bicyclic) bond motifs is 10. The summed E-state index contributed by atoms with van der Waals surface area (Å²) in [5, 5.41) is 5.17. The van der Waals surface area contributed by atoms with Gasteiger partial charge in [0, 0.05) is 59.8 Å². The van der Waals surface area contributed by atoms with Crippen molar-refractivity contribution >= 4 is 95.5 Å². The molecule has 0 N–H and O–H groups in total. The molecule has 0 radical (unpaired) electrons. The lowest BCUT2D eigenvalue weighted by Gasteiger charge is -2.42. The second kappa shape index (κ2) is 17.4. The Kier molecular flexibility index (Phi) is 11.0. The first-order valence-corrected chi connectivity index (χ1v) is 28.1. The second-order valence-electron chi connectivity index (χ2n) is 24.5. The van der Waals surface area contributed by atoms with Crippen LogP contribution in [0.3, 0.4) is 0 Å². The maximum Gasteiger partial charge on any atom is 0.249 e. The number of rotatable bonds is 7. The summed E-state index contributed by atoms with van der Waals surface area (Å²) in [5.74, 6) is 0. The molecule has 0 aliphatic carbocycles. The van der Waals surface area contributed by atoms with E-state index >= 15 is 0 Å². The summed E-state index contributed by atoms with van der Waals surface area (Å²) in [6.45, 7) is 23.3.